The summed E-state index contributed by atoms with van der Waals surface area (Å²) in [6, 6.07) is 10.5. The number of hydrogen-bond donors (Lipinski definition) is 0. The summed E-state index contributed by atoms with van der Waals surface area (Å²) >= 11 is 7.85. The zero-order chi connectivity index (χ0) is 25.2. The highest BCUT2D eigenvalue weighted by molar-refractivity contribution is 7.99. The smallest absolute Gasteiger partial charge is 0.311 e. The fraction of sp³-hybridized carbons (Fsp3) is 0.333. The number of hydrogen-bond acceptors (Lipinski definition) is 7. The molecule has 0 atom stereocenters. The fourth-order valence-corrected chi connectivity index (χ4v) is 7.05. The number of sulfonamides is 1. The first kappa shape index (κ1) is 25.5. The van der Waals surface area contributed by atoms with Crippen LogP contribution in [0.3, 0.4) is 0 Å². The number of esters is 1. The van der Waals surface area contributed by atoms with Gasteiger partial charge in [0.05, 0.1) is 48.4 Å². The van der Waals surface area contributed by atoms with Crippen LogP contribution in [0.1, 0.15) is 23.7 Å². The van der Waals surface area contributed by atoms with Crippen molar-refractivity contribution in [1.29, 1.82) is 5.26 Å². The molecule has 0 saturated carbocycles. The number of rotatable bonds is 7. The Morgan fingerprint density at radius 1 is 1.26 bits per heavy atom. The van der Waals surface area contributed by atoms with Crippen LogP contribution in [-0.4, -0.2) is 56.0 Å². The maximum atomic E-state index is 13.0. The monoisotopic (exact) mass is 533 g/mol. The number of morpholine rings is 1. The molecule has 1 saturated heterocycles. The number of benzene rings is 1. The molecule has 3 aromatic rings. The van der Waals surface area contributed by atoms with E-state index in [-0.39, 0.29) is 35.4 Å². The molecule has 1 aromatic carbocycles. The Balaban J connectivity index is 1.71. The Bertz CT molecular complexity index is 1420. The first-order chi connectivity index (χ1) is 16.8. The van der Waals surface area contributed by atoms with Crippen molar-refractivity contribution in [3.8, 4) is 6.07 Å². The van der Waals surface area contributed by atoms with Crippen LogP contribution in [0.25, 0.3) is 5.52 Å². The minimum absolute atomic E-state index is 0.0543. The molecule has 35 heavy (non-hydrogen) atoms. The Kier molecular flexibility index (Phi) is 7.73. The van der Waals surface area contributed by atoms with Crippen LogP contribution in [0.15, 0.2) is 51.2 Å². The summed E-state index contributed by atoms with van der Waals surface area (Å²) in [5.74, 6) is -0.336. The summed E-state index contributed by atoms with van der Waals surface area (Å²) in [4.78, 5) is 13.9. The third kappa shape index (κ3) is 5.20. The SMILES string of the molecule is CCOC(=O)Cc1c(C)c(Sc2ccc(S(=O)(=O)N3CCOCC3)c(Cl)c2)c2cc(C#N)ccn12. The second-order valence-corrected chi connectivity index (χ2v) is 11.3. The molecule has 0 radical (unpaired) electrons. The van der Waals surface area contributed by atoms with E-state index in [1.165, 1.54) is 22.1 Å². The van der Waals surface area contributed by atoms with Gasteiger partial charge in [0.25, 0.3) is 0 Å². The normalized spacial score (nSPS) is 14.7. The highest BCUT2D eigenvalue weighted by atomic mass is 35.5. The van der Waals surface area contributed by atoms with Gasteiger partial charge in [-0.1, -0.05) is 23.4 Å². The maximum Gasteiger partial charge on any atom is 0.311 e. The van der Waals surface area contributed by atoms with Crippen LogP contribution in [0.5, 0.6) is 0 Å². The Labute approximate surface area is 213 Å². The quantitative estimate of drug-likeness (QED) is 0.422. The van der Waals surface area contributed by atoms with Gasteiger partial charge in [-0.15, -0.1) is 0 Å². The van der Waals surface area contributed by atoms with Crippen LogP contribution in [-0.2, 0) is 30.7 Å². The summed E-state index contributed by atoms with van der Waals surface area (Å²) < 4.78 is 39.7. The molecule has 1 fully saturated rings. The largest absolute Gasteiger partial charge is 0.466 e. The predicted molar refractivity (Wildman–Crippen MR) is 132 cm³/mol. The topological polar surface area (TPSA) is 101 Å². The van der Waals surface area contributed by atoms with E-state index in [0.29, 0.717) is 25.4 Å². The van der Waals surface area contributed by atoms with E-state index >= 15 is 0 Å². The minimum Gasteiger partial charge on any atom is -0.466 e. The van der Waals surface area contributed by atoms with E-state index in [0.717, 1.165) is 26.6 Å². The predicted octanol–water partition coefficient (Wildman–Crippen LogP) is 4.05. The fourth-order valence-electron chi connectivity index (χ4n) is 3.98. The lowest BCUT2D eigenvalue weighted by atomic mass is 10.2. The van der Waals surface area contributed by atoms with Gasteiger partial charge >= 0.3 is 5.97 Å². The van der Waals surface area contributed by atoms with E-state index < -0.39 is 10.0 Å². The first-order valence-corrected chi connectivity index (χ1v) is 13.6. The highest BCUT2D eigenvalue weighted by Gasteiger charge is 2.28. The number of pyridine rings is 1. The molecule has 1 aliphatic heterocycles. The van der Waals surface area contributed by atoms with Crippen molar-refractivity contribution in [2.45, 2.75) is 35.0 Å². The molecule has 1 aliphatic rings. The van der Waals surface area contributed by atoms with Crippen LogP contribution < -0.4 is 0 Å². The van der Waals surface area contributed by atoms with Crippen molar-refractivity contribution < 1.29 is 22.7 Å². The van der Waals surface area contributed by atoms with Crippen LogP contribution in [0.2, 0.25) is 5.02 Å². The summed E-state index contributed by atoms with van der Waals surface area (Å²) in [6.45, 7) is 5.24. The van der Waals surface area contributed by atoms with Crippen LogP contribution in [0, 0.1) is 18.3 Å². The van der Waals surface area contributed by atoms with Crippen molar-refractivity contribution >= 4 is 44.9 Å². The lowest BCUT2D eigenvalue weighted by molar-refractivity contribution is -0.142. The zero-order valence-electron chi connectivity index (χ0n) is 19.3. The molecule has 0 unspecified atom stereocenters. The molecule has 0 N–H and O–H groups in total. The third-order valence-electron chi connectivity index (χ3n) is 5.71. The molecule has 4 rings (SSSR count). The van der Waals surface area contributed by atoms with E-state index in [1.807, 2.05) is 11.3 Å². The van der Waals surface area contributed by atoms with Crippen molar-refractivity contribution in [2.24, 2.45) is 0 Å². The summed E-state index contributed by atoms with van der Waals surface area (Å²) in [7, 11) is -3.73. The van der Waals surface area contributed by atoms with E-state index in [9.17, 15) is 18.5 Å². The molecule has 0 bridgehead atoms. The zero-order valence-corrected chi connectivity index (χ0v) is 21.7. The number of halogens is 1. The van der Waals surface area contributed by atoms with Gasteiger partial charge < -0.3 is 13.9 Å². The molecule has 0 aliphatic carbocycles. The number of carbonyl (C=O) groups excluding carboxylic acids is 1. The number of aromatic nitrogens is 1. The summed E-state index contributed by atoms with van der Waals surface area (Å²) in [5.41, 5.74) is 2.90. The minimum atomic E-state index is -3.73. The molecule has 3 heterocycles. The standard InChI is InChI=1S/C24H24ClN3O5S2/c1-3-33-23(29)14-20-16(2)24(21-12-17(15-26)6-7-28(20)21)34-18-4-5-22(19(25)13-18)35(30,31)27-8-10-32-11-9-27/h4-7,12-13H,3,8-11,14H2,1-2H3. The second-order valence-electron chi connectivity index (χ2n) is 7.88. The van der Waals surface area contributed by atoms with Gasteiger partial charge in [-0.05, 0) is 49.7 Å². The number of fused-ring (bicyclic) bond motifs is 1. The molecule has 2 aromatic heterocycles. The number of nitrogens with zero attached hydrogens (tertiary/aromatic N) is 3. The van der Waals surface area contributed by atoms with Crippen LogP contribution >= 0.6 is 23.4 Å². The average molecular weight is 534 g/mol. The van der Waals surface area contributed by atoms with E-state index in [2.05, 4.69) is 6.07 Å². The maximum absolute atomic E-state index is 13.0. The van der Waals surface area contributed by atoms with Crippen LogP contribution in [0.4, 0.5) is 0 Å². The second kappa shape index (κ2) is 10.6. The number of nitriles is 1. The Morgan fingerprint density at radius 2 is 2.00 bits per heavy atom. The lowest BCUT2D eigenvalue weighted by Crippen LogP contribution is -2.40. The number of ether oxygens (including phenoxy) is 2. The van der Waals surface area contributed by atoms with E-state index in [1.54, 1.807) is 37.4 Å². The molecule has 0 amide bonds. The van der Waals surface area contributed by atoms with Crippen molar-refractivity contribution in [1.82, 2.24) is 8.71 Å². The highest BCUT2D eigenvalue weighted by Crippen LogP contribution is 2.39. The molecule has 8 nitrogen and oxygen atoms in total. The molecular weight excluding hydrogens is 510 g/mol. The van der Waals surface area contributed by atoms with E-state index in [4.69, 9.17) is 21.1 Å². The Hall–Kier alpha value is -2.55. The van der Waals surface area contributed by atoms with Gasteiger partial charge in [-0.2, -0.15) is 9.57 Å². The third-order valence-corrected chi connectivity index (χ3v) is 9.30. The van der Waals surface area contributed by atoms with Gasteiger partial charge in [-0.3, -0.25) is 4.79 Å². The summed E-state index contributed by atoms with van der Waals surface area (Å²) in [5, 5.41) is 9.53. The van der Waals surface area contributed by atoms with Gasteiger partial charge in [0.2, 0.25) is 10.0 Å². The molecule has 184 valence electrons. The number of carbonyl (C=O) groups is 1. The molecule has 0 spiro atoms. The van der Waals surface area contributed by atoms with Gasteiger partial charge in [0.15, 0.2) is 0 Å². The van der Waals surface area contributed by atoms with Gasteiger partial charge in [-0.25, -0.2) is 8.42 Å². The molecule has 11 heteroatoms. The average Bonchev–Trinajstić information content (AvgIpc) is 3.09. The first-order valence-electron chi connectivity index (χ1n) is 11.0. The van der Waals surface area contributed by atoms with Gasteiger partial charge in [0.1, 0.15) is 4.90 Å². The lowest BCUT2D eigenvalue weighted by Gasteiger charge is -2.26. The van der Waals surface area contributed by atoms with Crippen molar-refractivity contribution in [3.63, 3.8) is 0 Å². The summed E-state index contributed by atoms with van der Waals surface area (Å²) in [6.07, 6.45) is 1.86. The molecular formula is C24H24ClN3O5S2. The Morgan fingerprint density at radius 3 is 2.66 bits per heavy atom. The van der Waals surface area contributed by atoms with Crippen molar-refractivity contribution in [2.75, 3.05) is 32.9 Å². The van der Waals surface area contributed by atoms with Gasteiger partial charge in [0, 0.05) is 34.8 Å². The van der Waals surface area contributed by atoms with Crippen molar-refractivity contribution in [3.05, 3.63) is 58.4 Å².